The Kier molecular flexibility index (Phi) is 3.84. The number of nitrogens with one attached hydrogen (secondary N) is 2. The van der Waals surface area contributed by atoms with Crippen LogP contribution >= 0.6 is 33.9 Å². The Morgan fingerprint density at radius 1 is 1.65 bits per heavy atom. The van der Waals surface area contributed by atoms with E-state index < -0.39 is 0 Å². The second-order valence-electron chi connectivity index (χ2n) is 2.93. The minimum Gasteiger partial charge on any atom is -0.272 e. The van der Waals surface area contributed by atoms with E-state index in [2.05, 4.69) is 20.7 Å². The fourth-order valence-electron chi connectivity index (χ4n) is 1.04. The quantitative estimate of drug-likeness (QED) is 0.497. The van der Waals surface area contributed by atoms with Gasteiger partial charge in [-0.3, -0.25) is 9.89 Å². The molecule has 17 heavy (non-hydrogen) atoms. The predicted molar refractivity (Wildman–Crippen MR) is 70.6 cm³/mol. The van der Waals surface area contributed by atoms with Gasteiger partial charge >= 0.3 is 0 Å². The normalized spacial score (nSPS) is 10.9. The lowest BCUT2D eigenvalue weighted by atomic mass is 10.4. The van der Waals surface area contributed by atoms with Crippen LogP contribution in [0.1, 0.15) is 15.4 Å². The van der Waals surface area contributed by atoms with Gasteiger partial charge in [0.15, 0.2) is 5.13 Å². The molecule has 0 atom stereocenters. The first kappa shape index (κ1) is 12.2. The summed E-state index contributed by atoms with van der Waals surface area (Å²) in [5, 5.41) is 9.71. The number of hydrogen-bond donors (Lipinski definition) is 2. The van der Waals surface area contributed by atoms with Crippen LogP contribution in [0.3, 0.4) is 0 Å². The highest BCUT2D eigenvalue weighted by molar-refractivity contribution is 14.1. The minimum absolute atomic E-state index is 0.291. The number of H-pyrrole nitrogens is 1. The molecule has 0 aromatic carbocycles. The van der Waals surface area contributed by atoms with Crippen molar-refractivity contribution in [1.29, 1.82) is 0 Å². The van der Waals surface area contributed by atoms with E-state index in [0.717, 1.165) is 11.3 Å². The molecule has 0 aliphatic heterocycles. The maximum atomic E-state index is 12.6. The lowest BCUT2D eigenvalue weighted by molar-refractivity contribution is 0.0949. The standard InChI is InChI=1S/C9H6FIN4OS/c10-7-2-1-5(17-7)3-12-15-9(16)8-6(11)4-13-14-8/h1-4H,(H,13,14)(H,15,16)/b12-3+. The Morgan fingerprint density at radius 2 is 2.47 bits per heavy atom. The molecule has 0 radical (unpaired) electrons. The Hall–Kier alpha value is -1.29. The molecule has 0 fully saturated rings. The zero-order chi connectivity index (χ0) is 12.3. The SMILES string of the molecule is O=C(N/N=C/c1ccc(F)s1)c1[nH]ncc1I. The zero-order valence-electron chi connectivity index (χ0n) is 8.28. The summed E-state index contributed by atoms with van der Waals surface area (Å²) in [6.07, 6.45) is 2.92. The van der Waals surface area contributed by atoms with Gasteiger partial charge in [0.25, 0.3) is 5.91 Å². The van der Waals surface area contributed by atoms with Crippen LogP contribution in [-0.4, -0.2) is 22.3 Å². The summed E-state index contributed by atoms with van der Waals surface area (Å²) in [5.74, 6) is -0.389. The molecule has 0 aliphatic carbocycles. The van der Waals surface area contributed by atoms with Gasteiger partial charge in [-0.25, -0.2) is 5.43 Å². The van der Waals surface area contributed by atoms with Gasteiger partial charge in [0, 0.05) is 0 Å². The molecule has 0 unspecified atom stereocenters. The summed E-state index contributed by atoms with van der Waals surface area (Å²) in [4.78, 5) is 12.2. The molecule has 8 heteroatoms. The van der Waals surface area contributed by atoms with Crippen molar-refractivity contribution in [2.45, 2.75) is 0 Å². The highest BCUT2D eigenvalue weighted by atomic mass is 127. The summed E-state index contributed by atoms with van der Waals surface area (Å²) in [6, 6.07) is 2.92. The number of halogens is 2. The number of rotatable bonds is 3. The van der Waals surface area contributed by atoms with Gasteiger partial charge in [-0.1, -0.05) is 0 Å². The van der Waals surface area contributed by atoms with Crippen molar-refractivity contribution < 1.29 is 9.18 Å². The molecule has 0 spiro atoms. The zero-order valence-corrected chi connectivity index (χ0v) is 11.3. The second-order valence-corrected chi connectivity index (χ2v) is 5.16. The topological polar surface area (TPSA) is 70.1 Å². The van der Waals surface area contributed by atoms with Crippen LogP contribution in [0, 0.1) is 8.70 Å². The smallest absolute Gasteiger partial charge is 0.272 e. The van der Waals surface area contributed by atoms with Crippen molar-refractivity contribution in [1.82, 2.24) is 15.6 Å². The number of nitrogens with zero attached hydrogens (tertiary/aromatic N) is 2. The van der Waals surface area contributed by atoms with Crippen LogP contribution in [0.2, 0.25) is 0 Å². The van der Waals surface area contributed by atoms with E-state index in [1.807, 2.05) is 22.6 Å². The molecule has 0 saturated heterocycles. The lowest BCUT2D eigenvalue weighted by Crippen LogP contribution is -2.19. The number of hydrogen-bond acceptors (Lipinski definition) is 4. The number of aromatic nitrogens is 2. The third-order valence-electron chi connectivity index (χ3n) is 1.77. The number of amides is 1. The van der Waals surface area contributed by atoms with E-state index in [9.17, 15) is 9.18 Å². The lowest BCUT2D eigenvalue weighted by Gasteiger charge is -1.95. The number of carbonyl (C=O) groups excluding carboxylic acids is 1. The fourth-order valence-corrected chi connectivity index (χ4v) is 2.15. The molecular weight excluding hydrogens is 358 g/mol. The first-order valence-electron chi connectivity index (χ1n) is 4.44. The minimum atomic E-state index is -0.389. The summed E-state index contributed by atoms with van der Waals surface area (Å²) >= 11 is 2.93. The van der Waals surface area contributed by atoms with Crippen LogP contribution in [0.4, 0.5) is 4.39 Å². The molecule has 2 rings (SSSR count). The maximum Gasteiger partial charge on any atom is 0.290 e. The molecular formula is C9H6FIN4OS. The van der Waals surface area contributed by atoms with Crippen molar-refractivity contribution in [2.75, 3.05) is 0 Å². The van der Waals surface area contributed by atoms with Crippen molar-refractivity contribution in [2.24, 2.45) is 5.10 Å². The second kappa shape index (κ2) is 5.36. The van der Waals surface area contributed by atoms with Crippen molar-refractivity contribution in [3.8, 4) is 0 Å². The Morgan fingerprint density at radius 3 is 3.06 bits per heavy atom. The Labute approximate surface area is 113 Å². The number of carbonyl (C=O) groups is 1. The van der Waals surface area contributed by atoms with Crippen LogP contribution in [0.5, 0.6) is 0 Å². The van der Waals surface area contributed by atoms with E-state index in [-0.39, 0.29) is 11.0 Å². The number of hydrazone groups is 1. The van der Waals surface area contributed by atoms with Crippen LogP contribution in [0.15, 0.2) is 23.4 Å². The molecule has 5 nitrogen and oxygen atoms in total. The van der Waals surface area contributed by atoms with E-state index in [1.54, 1.807) is 6.07 Å². The van der Waals surface area contributed by atoms with Crippen LogP contribution < -0.4 is 5.43 Å². The first-order valence-corrected chi connectivity index (χ1v) is 6.34. The third-order valence-corrected chi connectivity index (χ3v) is 3.40. The molecule has 2 heterocycles. The monoisotopic (exact) mass is 364 g/mol. The average molecular weight is 364 g/mol. The van der Waals surface area contributed by atoms with Gasteiger partial charge in [-0.2, -0.15) is 14.6 Å². The van der Waals surface area contributed by atoms with E-state index in [0.29, 0.717) is 14.1 Å². The third kappa shape index (κ3) is 3.09. The van der Waals surface area contributed by atoms with Gasteiger partial charge in [0.2, 0.25) is 0 Å². The van der Waals surface area contributed by atoms with Crippen LogP contribution in [-0.2, 0) is 0 Å². The molecule has 1 amide bonds. The molecule has 0 aliphatic rings. The fraction of sp³-hybridized carbons (Fsp3) is 0. The maximum absolute atomic E-state index is 12.6. The first-order chi connectivity index (χ1) is 8.16. The number of thiophene rings is 1. The van der Waals surface area contributed by atoms with Gasteiger partial charge < -0.3 is 0 Å². The van der Waals surface area contributed by atoms with E-state index in [4.69, 9.17) is 0 Å². The van der Waals surface area contributed by atoms with E-state index >= 15 is 0 Å². The molecule has 88 valence electrons. The van der Waals surface area contributed by atoms with Gasteiger partial charge in [0.1, 0.15) is 5.69 Å². The largest absolute Gasteiger partial charge is 0.290 e. The molecule has 2 aromatic heterocycles. The van der Waals surface area contributed by atoms with Crippen LogP contribution in [0.25, 0.3) is 0 Å². The average Bonchev–Trinajstić information content (AvgIpc) is 2.87. The Bertz CT molecular complexity index is 565. The van der Waals surface area contributed by atoms with Crippen molar-refractivity contribution in [3.63, 3.8) is 0 Å². The van der Waals surface area contributed by atoms with Gasteiger partial charge in [-0.05, 0) is 34.7 Å². The van der Waals surface area contributed by atoms with E-state index in [1.165, 1.54) is 18.5 Å². The van der Waals surface area contributed by atoms with Crippen molar-refractivity contribution >= 4 is 46.0 Å². The molecule has 2 N–H and O–H groups in total. The summed E-state index contributed by atoms with van der Waals surface area (Å²) in [5.41, 5.74) is 2.67. The molecule has 2 aromatic rings. The Balaban J connectivity index is 1.97. The summed E-state index contributed by atoms with van der Waals surface area (Å²) in [6.45, 7) is 0. The molecule has 0 bridgehead atoms. The number of aromatic amines is 1. The molecule has 0 saturated carbocycles. The summed E-state index contributed by atoms with van der Waals surface area (Å²) in [7, 11) is 0. The highest BCUT2D eigenvalue weighted by Crippen LogP contribution is 2.11. The highest BCUT2D eigenvalue weighted by Gasteiger charge is 2.10. The summed E-state index contributed by atoms with van der Waals surface area (Å²) < 4.78 is 13.4. The van der Waals surface area contributed by atoms with Gasteiger partial charge in [-0.15, -0.1) is 11.3 Å². The van der Waals surface area contributed by atoms with Crippen molar-refractivity contribution in [3.05, 3.63) is 37.6 Å². The predicted octanol–water partition coefficient (Wildman–Crippen LogP) is 1.98. The van der Waals surface area contributed by atoms with Gasteiger partial charge in [0.05, 0.1) is 20.9 Å².